The van der Waals surface area contributed by atoms with E-state index in [1.807, 2.05) is 12.1 Å². The van der Waals surface area contributed by atoms with E-state index in [0.29, 0.717) is 35.5 Å². The first-order valence-electron chi connectivity index (χ1n) is 9.31. The summed E-state index contributed by atoms with van der Waals surface area (Å²) < 4.78 is 34.8. The third kappa shape index (κ3) is 2.90. The third-order valence-electron chi connectivity index (χ3n) is 5.21. The van der Waals surface area contributed by atoms with E-state index in [0.717, 1.165) is 23.5 Å². The van der Waals surface area contributed by atoms with E-state index in [-0.39, 0.29) is 9.99 Å². The highest BCUT2D eigenvalue weighted by Gasteiger charge is 2.44. The largest absolute Gasteiger partial charge is 0.467 e. The standard InChI is InChI=1S/C21H18N2O4S2/c24-17-9-3-7-15-20(17)21(18-10-4-12-27-18)23(16-8-2-1-6-14(16)22-15)29(25,26)19-11-5-13-28-19/h1-2,4-6,8,10-13,21-22H,3,7,9H2/t21-/m1/s1. The second-order valence-corrected chi connectivity index (χ2v) is 9.95. The first kappa shape index (κ1) is 18.2. The lowest BCUT2D eigenvalue weighted by Crippen LogP contribution is -2.37. The molecule has 8 heteroatoms. The zero-order valence-corrected chi connectivity index (χ0v) is 17.0. The van der Waals surface area contributed by atoms with Gasteiger partial charge in [-0.1, -0.05) is 18.2 Å². The van der Waals surface area contributed by atoms with Crippen LogP contribution in [0.15, 0.2) is 80.1 Å². The highest BCUT2D eigenvalue weighted by Crippen LogP contribution is 2.47. The fraction of sp³-hybridized carbons (Fsp3) is 0.190. The Hall–Kier alpha value is -2.84. The molecule has 2 aromatic heterocycles. The van der Waals surface area contributed by atoms with Gasteiger partial charge in [0.25, 0.3) is 10.0 Å². The van der Waals surface area contributed by atoms with E-state index in [1.165, 1.54) is 10.6 Å². The quantitative estimate of drug-likeness (QED) is 0.656. The number of nitrogens with one attached hydrogen (secondary N) is 1. The van der Waals surface area contributed by atoms with Crippen LogP contribution in [-0.2, 0) is 14.8 Å². The molecule has 1 atom stereocenters. The van der Waals surface area contributed by atoms with Gasteiger partial charge in [0.15, 0.2) is 5.78 Å². The van der Waals surface area contributed by atoms with Gasteiger partial charge < -0.3 is 9.73 Å². The Kier molecular flexibility index (Phi) is 4.33. The number of anilines is 2. The van der Waals surface area contributed by atoms with Gasteiger partial charge in [-0.15, -0.1) is 11.3 Å². The van der Waals surface area contributed by atoms with E-state index in [9.17, 15) is 13.2 Å². The zero-order valence-electron chi connectivity index (χ0n) is 15.4. The van der Waals surface area contributed by atoms with Crippen molar-refractivity contribution in [3.63, 3.8) is 0 Å². The number of benzene rings is 1. The molecule has 3 aromatic rings. The number of para-hydroxylation sites is 2. The van der Waals surface area contributed by atoms with Crippen LogP contribution in [0.1, 0.15) is 31.1 Å². The number of furan rings is 1. The molecule has 0 unspecified atom stereocenters. The van der Waals surface area contributed by atoms with Crippen LogP contribution in [0.2, 0.25) is 0 Å². The molecule has 0 fully saturated rings. The maximum Gasteiger partial charge on any atom is 0.274 e. The monoisotopic (exact) mass is 426 g/mol. The number of ketones is 1. The van der Waals surface area contributed by atoms with Crippen molar-refractivity contribution in [2.45, 2.75) is 29.5 Å². The molecule has 5 rings (SSSR count). The smallest absolute Gasteiger partial charge is 0.274 e. The average Bonchev–Trinajstić information content (AvgIpc) is 3.40. The summed E-state index contributed by atoms with van der Waals surface area (Å²) in [6.07, 6.45) is 3.30. The molecule has 148 valence electrons. The number of Topliss-reactive ketones (excluding diaryl/α,β-unsaturated/α-hetero) is 1. The summed E-state index contributed by atoms with van der Waals surface area (Å²) in [5.74, 6) is 0.366. The summed E-state index contributed by atoms with van der Waals surface area (Å²) >= 11 is 1.15. The van der Waals surface area contributed by atoms with Crippen molar-refractivity contribution in [2.24, 2.45) is 0 Å². The normalized spacial score (nSPS) is 19.4. The van der Waals surface area contributed by atoms with Crippen molar-refractivity contribution in [2.75, 3.05) is 9.62 Å². The van der Waals surface area contributed by atoms with Gasteiger partial charge in [-0.2, -0.15) is 0 Å². The van der Waals surface area contributed by atoms with Gasteiger partial charge in [0.05, 0.1) is 17.6 Å². The second kappa shape index (κ2) is 6.89. The van der Waals surface area contributed by atoms with Crippen molar-refractivity contribution < 1.29 is 17.6 Å². The number of carbonyl (C=O) groups is 1. The lowest BCUT2D eigenvalue weighted by molar-refractivity contribution is -0.116. The molecule has 0 saturated carbocycles. The number of hydrogen-bond acceptors (Lipinski definition) is 6. The van der Waals surface area contributed by atoms with E-state index in [4.69, 9.17) is 4.42 Å². The highest BCUT2D eigenvalue weighted by molar-refractivity contribution is 7.94. The van der Waals surface area contributed by atoms with E-state index in [2.05, 4.69) is 5.32 Å². The summed E-state index contributed by atoms with van der Waals surface area (Å²) in [5, 5.41) is 5.07. The Morgan fingerprint density at radius 3 is 2.69 bits per heavy atom. The summed E-state index contributed by atoms with van der Waals surface area (Å²) in [6, 6.07) is 13.1. The number of carbonyl (C=O) groups excluding carboxylic acids is 1. The molecule has 29 heavy (non-hydrogen) atoms. The molecule has 0 spiro atoms. The van der Waals surface area contributed by atoms with Crippen molar-refractivity contribution in [3.05, 3.63) is 77.2 Å². The number of hydrogen-bond donors (Lipinski definition) is 1. The van der Waals surface area contributed by atoms with Gasteiger partial charge in [0.1, 0.15) is 16.0 Å². The Morgan fingerprint density at radius 1 is 1.07 bits per heavy atom. The fourth-order valence-corrected chi connectivity index (χ4v) is 6.67. The van der Waals surface area contributed by atoms with Gasteiger partial charge in [-0.3, -0.25) is 4.79 Å². The number of fused-ring (bicyclic) bond motifs is 1. The van der Waals surface area contributed by atoms with Gasteiger partial charge >= 0.3 is 0 Å². The maximum absolute atomic E-state index is 13.8. The summed E-state index contributed by atoms with van der Waals surface area (Å²) in [7, 11) is -3.94. The Bertz CT molecular complexity index is 1200. The van der Waals surface area contributed by atoms with Crippen LogP contribution in [0, 0.1) is 0 Å². The van der Waals surface area contributed by atoms with Crippen molar-refractivity contribution in [3.8, 4) is 0 Å². The highest BCUT2D eigenvalue weighted by atomic mass is 32.2. The number of nitrogens with zero attached hydrogens (tertiary/aromatic N) is 1. The summed E-state index contributed by atoms with van der Waals surface area (Å²) in [6.45, 7) is 0. The Balaban J connectivity index is 1.84. The second-order valence-electron chi connectivity index (χ2n) is 6.96. The number of rotatable bonds is 3. The summed E-state index contributed by atoms with van der Waals surface area (Å²) in [5.41, 5.74) is 2.37. The average molecular weight is 427 g/mol. The molecule has 0 amide bonds. The molecule has 1 aromatic carbocycles. The van der Waals surface area contributed by atoms with Gasteiger partial charge in [-0.05, 0) is 48.6 Å². The Morgan fingerprint density at radius 2 is 1.93 bits per heavy atom. The van der Waals surface area contributed by atoms with Crippen molar-refractivity contribution in [1.29, 1.82) is 0 Å². The first-order valence-corrected chi connectivity index (χ1v) is 11.6. The minimum atomic E-state index is -3.94. The molecule has 3 heterocycles. The lowest BCUT2D eigenvalue weighted by atomic mass is 9.89. The maximum atomic E-state index is 13.8. The van der Waals surface area contributed by atoms with Crippen LogP contribution >= 0.6 is 11.3 Å². The van der Waals surface area contributed by atoms with Crippen LogP contribution in [0.4, 0.5) is 11.4 Å². The first-order chi connectivity index (χ1) is 14.1. The molecule has 1 N–H and O–H groups in total. The molecule has 6 nitrogen and oxygen atoms in total. The van der Waals surface area contributed by atoms with Gasteiger partial charge in [0, 0.05) is 17.7 Å². The topological polar surface area (TPSA) is 79.6 Å². The van der Waals surface area contributed by atoms with Crippen LogP contribution in [0.25, 0.3) is 0 Å². The molecule has 1 aliphatic heterocycles. The minimum absolute atomic E-state index is 0.0562. The minimum Gasteiger partial charge on any atom is -0.467 e. The number of thiophene rings is 1. The molecule has 1 aliphatic carbocycles. The van der Waals surface area contributed by atoms with E-state index < -0.39 is 16.1 Å². The predicted octanol–water partition coefficient (Wildman–Crippen LogP) is 4.71. The predicted molar refractivity (Wildman–Crippen MR) is 111 cm³/mol. The van der Waals surface area contributed by atoms with E-state index >= 15 is 0 Å². The zero-order chi connectivity index (χ0) is 20.0. The molecule has 0 bridgehead atoms. The van der Waals surface area contributed by atoms with E-state index in [1.54, 1.807) is 41.8 Å². The molecule has 2 aliphatic rings. The van der Waals surface area contributed by atoms with Crippen LogP contribution in [0.5, 0.6) is 0 Å². The van der Waals surface area contributed by atoms with Crippen LogP contribution < -0.4 is 9.62 Å². The fourth-order valence-electron chi connectivity index (χ4n) is 3.98. The van der Waals surface area contributed by atoms with Crippen molar-refractivity contribution in [1.82, 2.24) is 0 Å². The lowest BCUT2D eigenvalue weighted by Gasteiger charge is -2.32. The summed E-state index contributed by atoms with van der Waals surface area (Å²) in [4.78, 5) is 13.0. The third-order valence-corrected chi connectivity index (χ3v) is 8.36. The van der Waals surface area contributed by atoms with Gasteiger partial charge in [-0.25, -0.2) is 12.7 Å². The SMILES string of the molecule is O=C1CCCC2=C1[C@@H](c1ccco1)N(S(=O)(=O)c1cccs1)c1ccccc1N2. The molecular formula is C21H18N2O4S2. The Labute approximate surface area is 172 Å². The number of sulfonamides is 1. The van der Waals surface area contributed by atoms with Gasteiger partial charge in [0.2, 0.25) is 0 Å². The van der Waals surface area contributed by atoms with Crippen LogP contribution in [-0.4, -0.2) is 14.2 Å². The molecule has 0 saturated heterocycles. The van der Waals surface area contributed by atoms with Crippen molar-refractivity contribution >= 4 is 38.5 Å². The number of allylic oxidation sites excluding steroid dienone is 1. The molecule has 0 radical (unpaired) electrons. The molecular weight excluding hydrogens is 408 g/mol. The van der Waals surface area contributed by atoms with Crippen LogP contribution in [0.3, 0.4) is 0 Å².